The molecule has 0 aliphatic carbocycles. The fraction of sp³-hybridized carbons (Fsp3) is 0.154. The summed E-state index contributed by atoms with van der Waals surface area (Å²) in [6, 6.07) is 8.19. The first-order valence-corrected chi connectivity index (χ1v) is 7.74. The minimum atomic E-state index is 0.689. The van der Waals surface area contributed by atoms with Crippen molar-refractivity contribution in [3.05, 3.63) is 55.1 Å². The van der Waals surface area contributed by atoms with Gasteiger partial charge in [-0.05, 0) is 68.6 Å². The van der Waals surface area contributed by atoms with Crippen molar-refractivity contribution in [3.8, 4) is 0 Å². The lowest BCUT2D eigenvalue weighted by atomic mass is 10.2. The molecular formula is C13H11Br3N2. The Morgan fingerprint density at radius 2 is 1.89 bits per heavy atom. The summed E-state index contributed by atoms with van der Waals surface area (Å²) >= 11 is 10.4. The van der Waals surface area contributed by atoms with Crippen molar-refractivity contribution in [2.24, 2.45) is 0 Å². The van der Waals surface area contributed by atoms with Crippen LogP contribution in [0, 0.1) is 6.92 Å². The highest BCUT2D eigenvalue weighted by Crippen LogP contribution is 2.22. The minimum Gasteiger partial charge on any atom is -0.379 e. The molecular weight excluding hydrogens is 424 g/mol. The summed E-state index contributed by atoms with van der Waals surface area (Å²) in [6.45, 7) is 2.76. The maximum atomic E-state index is 4.37. The summed E-state index contributed by atoms with van der Waals surface area (Å²) in [5, 5.41) is 3.36. The van der Waals surface area contributed by atoms with Gasteiger partial charge in [0, 0.05) is 25.3 Å². The second kappa shape index (κ2) is 6.17. The molecule has 1 aromatic carbocycles. The molecule has 2 rings (SSSR count). The number of hydrogen-bond acceptors (Lipinski definition) is 2. The highest BCUT2D eigenvalue weighted by Gasteiger charge is 2.03. The van der Waals surface area contributed by atoms with Gasteiger partial charge in [-0.2, -0.15) is 0 Å². The van der Waals surface area contributed by atoms with Gasteiger partial charge in [-0.3, -0.25) is 4.98 Å². The monoisotopic (exact) mass is 432 g/mol. The average Bonchev–Trinajstić information content (AvgIpc) is 2.32. The van der Waals surface area contributed by atoms with Crippen LogP contribution < -0.4 is 5.32 Å². The third-order valence-corrected chi connectivity index (χ3v) is 4.51. The van der Waals surface area contributed by atoms with Gasteiger partial charge in [-0.1, -0.05) is 15.9 Å². The van der Waals surface area contributed by atoms with Crippen LogP contribution >= 0.6 is 47.8 Å². The molecule has 1 N–H and O–H groups in total. The molecule has 1 aromatic heterocycles. The Hall–Kier alpha value is -0.390. The van der Waals surface area contributed by atoms with Crippen LogP contribution in [0.4, 0.5) is 5.69 Å². The highest BCUT2D eigenvalue weighted by atomic mass is 79.9. The van der Waals surface area contributed by atoms with Crippen molar-refractivity contribution in [1.29, 1.82) is 0 Å². The van der Waals surface area contributed by atoms with Crippen LogP contribution in [-0.2, 0) is 6.54 Å². The average molecular weight is 435 g/mol. The van der Waals surface area contributed by atoms with Crippen molar-refractivity contribution >= 4 is 53.5 Å². The number of aryl methyl sites for hydroxylation is 1. The van der Waals surface area contributed by atoms with Gasteiger partial charge in [-0.15, -0.1) is 0 Å². The Kier molecular flexibility index (Phi) is 4.81. The van der Waals surface area contributed by atoms with Crippen molar-refractivity contribution in [2.45, 2.75) is 13.5 Å². The number of anilines is 1. The maximum absolute atomic E-state index is 4.37. The largest absolute Gasteiger partial charge is 0.379 e. The Morgan fingerprint density at radius 3 is 2.56 bits per heavy atom. The minimum absolute atomic E-state index is 0.689. The molecule has 0 saturated carbocycles. The van der Waals surface area contributed by atoms with E-state index in [1.54, 1.807) is 6.20 Å². The lowest BCUT2D eigenvalue weighted by Crippen LogP contribution is -2.02. The molecule has 1 heterocycles. The first-order valence-electron chi connectivity index (χ1n) is 5.36. The normalized spacial score (nSPS) is 10.4. The topological polar surface area (TPSA) is 24.9 Å². The summed E-state index contributed by atoms with van der Waals surface area (Å²) in [5.74, 6) is 0. The van der Waals surface area contributed by atoms with Crippen molar-refractivity contribution in [3.63, 3.8) is 0 Å². The molecule has 2 aromatic rings. The van der Waals surface area contributed by atoms with E-state index in [0.717, 1.165) is 24.8 Å². The first-order chi connectivity index (χ1) is 8.56. The zero-order valence-corrected chi connectivity index (χ0v) is 14.4. The van der Waals surface area contributed by atoms with Gasteiger partial charge >= 0.3 is 0 Å². The molecule has 0 aliphatic rings. The van der Waals surface area contributed by atoms with Crippen molar-refractivity contribution in [1.82, 2.24) is 4.98 Å². The van der Waals surface area contributed by atoms with Gasteiger partial charge in [-0.25, -0.2) is 0 Å². The van der Waals surface area contributed by atoms with Gasteiger partial charge in [0.05, 0.1) is 12.2 Å². The molecule has 0 aliphatic heterocycles. The number of nitrogens with zero attached hydrogens (tertiary/aromatic N) is 1. The van der Waals surface area contributed by atoms with E-state index in [-0.39, 0.29) is 0 Å². The van der Waals surface area contributed by atoms with Gasteiger partial charge in [0.1, 0.15) is 0 Å². The zero-order chi connectivity index (χ0) is 13.1. The summed E-state index contributed by atoms with van der Waals surface area (Å²) in [7, 11) is 0. The maximum Gasteiger partial charge on any atom is 0.0737 e. The first kappa shape index (κ1) is 14.0. The van der Waals surface area contributed by atoms with Crippen molar-refractivity contribution in [2.75, 3.05) is 5.32 Å². The lowest BCUT2D eigenvalue weighted by molar-refractivity contribution is 1.03. The third kappa shape index (κ3) is 3.56. The van der Waals surface area contributed by atoms with Crippen LogP contribution in [0.25, 0.3) is 0 Å². The van der Waals surface area contributed by atoms with Gasteiger partial charge in [0.2, 0.25) is 0 Å². The second-order valence-corrected chi connectivity index (χ2v) is 6.52. The van der Waals surface area contributed by atoms with Crippen LogP contribution in [-0.4, -0.2) is 4.98 Å². The van der Waals surface area contributed by atoms with Gasteiger partial charge in [0.25, 0.3) is 0 Å². The fourth-order valence-corrected chi connectivity index (χ4v) is 2.89. The van der Waals surface area contributed by atoms with Gasteiger partial charge in [0.15, 0.2) is 0 Å². The van der Waals surface area contributed by atoms with E-state index < -0.39 is 0 Å². The van der Waals surface area contributed by atoms with Crippen LogP contribution in [0.3, 0.4) is 0 Å². The summed E-state index contributed by atoms with van der Waals surface area (Å²) in [4.78, 5) is 4.37. The van der Waals surface area contributed by atoms with Crippen LogP contribution in [0.15, 0.2) is 43.9 Å². The number of benzene rings is 1. The van der Waals surface area contributed by atoms with E-state index in [0.29, 0.717) is 6.54 Å². The Morgan fingerprint density at radius 1 is 1.11 bits per heavy atom. The predicted octanol–water partition coefficient (Wildman–Crippen LogP) is 5.29. The van der Waals surface area contributed by atoms with Crippen LogP contribution in [0.5, 0.6) is 0 Å². The van der Waals surface area contributed by atoms with E-state index in [1.807, 2.05) is 18.2 Å². The predicted molar refractivity (Wildman–Crippen MR) is 85.8 cm³/mol. The molecule has 0 bridgehead atoms. The summed E-state index contributed by atoms with van der Waals surface area (Å²) < 4.78 is 3.09. The van der Waals surface area contributed by atoms with E-state index in [1.165, 1.54) is 5.56 Å². The molecule has 0 radical (unpaired) electrons. The van der Waals surface area contributed by atoms with Crippen LogP contribution in [0.2, 0.25) is 0 Å². The van der Waals surface area contributed by atoms with Crippen molar-refractivity contribution < 1.29 is 0 Å². The zero-order valence-electron chi connectivity index (χ0n) is 9.67. The van der Waals surface area contributed by atoms with E-state index in [2.05, 4.69) is 71.1 Å². The quantitative estimate of drug-likeness (QED) is 0.710. The molecule has 0 atom stereocenters. The molecule has 0 amide bonds. The number of nitrogens with one attached hydrogen (secondary N) is 1. The SMILES string of the molecule is Cc1cc(NCc2ncc(Br)cc2Br)ccc1Br. The Bertz CT molecular complexity index is 570. The van der Waals surface area contributed by atoms with E-state index in [4.69, 9.17) is 0 Å². The molecule has 0 spiro atoms. The molecule has 0 saturated heterocycles. The molecule has 0 fully saturated rings. The number of hydrogen-bond donors (Lipinski definition) is 1. The van der Waals surface area contributed by atoms with Gasteiger partial charge < -0.3 is 5.32 Å². The summed E-state index contributed by atoms with van der Waals surface area (Å²) in [6.07, 6.45) is 1.80. The second-order valence-electron chi connectivity index (χ2n) is 3.90. The lowest BCUT2D eigenvalue weighted by Gasteiger charge is -2.09. The van der Waals surface area contributed by atoms with E-state index in [9.17, 15) is 0 Å². The number of rotatable bonds is 3. The van der Waals surface area contributed by atoms with Crippen LogP contribution in [0.1, 0.15) is 11.3 Å². The molecule has 18 heavy (non-hydrogen) atoms. The third-order valence-electron chi connectivity index (χ3n) is 2.50. The fourth-order valence-electron chi connectivity index (χ4n) is 1.51. The molecule has 2 nitrogen and oxygen atoms in total. The molecule has 0 unspecified atom stereocenters. The smallest absolute Gasteiger partial charge is 0.0737 e. The Labute approximate surface area is 132 Å². The van der Waals surface area contributed by atoms with E-state index >= 15 is 0 Å². The number of aromatic nitrogens is 1. The Balaban J connectivity index is 2.09. The molecule has 5 heteroatoms. The standard InChI is InChI=1S/C13H11Br3N2/c1-8-4-10(2-3-11(8)15)17-7-13-12(16)5-9(14)6-18-13/h2-6,17H,7H2,1H3. The number of pyridine rings is 1. The summed E-state index contributed by atoms with van der Waals surface area (Å²) in [5.41, 5.74) is 3.29. The molecule has 94 valence electrons. The highest BCUT2D eigenvalue weighted by molar-refractivity contribution is 9.11. The number of halogens is 3.